The number of alkyl halides is 3. The van der Waals surface area contributed by atoms with Crippen LogP contribution in [0.5, 0.6) is 0 Å². The lowest BCUT2D eigenvalue weighted by Crippen LogP contribution is -2.49. The van der Waals surface area contributed by atoms with Crippen LogP contribution in [-0.4, -0.2) is 34.0 Å². The average molecular weight is 609 g/mol. The monoisotopic (exact) mass is 608 g/mol. The van der Waals surface area contributed by atoms with E-state index in [0.717, 1.165) is 36.2 Å². The second-order valence-corrected chi connectivity index (χ2v) is 10.4. The van der Waals surface area contributed by atoms with Gasteiger partial charge in [-0.25, -0.2) is 26.9 Å². The summed E-state index contributed by atoms with van der Waals surface area (Å²) in [5, 5.41) is 0. The van der Waals surface area contributed by atoms with Crippen molar-refractivity contribution in [3.05, 3.63) is 76.9 Å². The van der Waals surface area contributed by atoms with E-state index in [-0.39, 0.29) is 17.1 Å². The first-order valence-electron chi connectivity index (χ1n) is 14.5. The summed E-state index contributed by atoms with van der Waals surface area (Å²) in [6.07, 6.45) is 8.09. The minimum atomic E-state index is -2.32. The maximum absolute atomic E-state index is 14.1. The fraction of sp³-hybridized carbons (Fsp3) is 0.500. The second-order valence-electron chi connectivity index (χ2n) is 10.4. The van der Waals surface area contributed by atoms with E-state index in [0.29, 0.717) is 24.3 Å². The second kappa shape index (κ2) is 19.0. The first-order valence-corrected chi connectivity index (χ1v) is 14.5. The maximum Gasteiger partial charge on any atom is 0.259 e. The fourth-order valence-corrected chi connectivity index (χ4v) is 4.53. The molecule has 0 bridgehead atoms. The number of hydrogen-bond acceptors (Lipinski definition) is 3. The van der Waals surface area contributed by atoms with Gasteiger partial charge in [0.25, 0.3) is 6.43 Å². The highest BCUT2D eigenvalue weighted by atomic mass is 19.3. The molecule has 43 heavy (non-hydrogen) atoms. The van der Waals surface area contributed by atoms with Crippen LogP contribution in [0.2, 0.25) is 0 Å². The predicted molar refractivity (Wildman–Crippen MR) is 169 cm³/mol. The van der Waals surface area contributed by atoms with Crippen molar-refractivity contribution in [1.29, 1.82) is 0 Å². The molecular formula is C34H49F5N4. The third kappa shape index (κ3) is 10.4. The fourth-order valence-electron chi connectivity index (χ4n) is 4.53. The van der Waals surface area contributed by atoms with E-state index in [1.165, 1.54) is 19.1 Å². The molecule has 2 N–H and O–H groups in total. The van der Waals surface area contributed by atoms with Crippen molar-refractivity contribution in [1.82, 2.24) is 14.5 Å². The van der Waals surface area contributed by atoms with E-state index in [1.54, 1.807) is 13.0 Å². The lowest BCUT2D eigenvalue weighted by molar-refractivity contribution is 0.116. The molecule has 1 aliphatic heterocycles. The average Bonchev–Trinajstić information content (AvgIpc) is 3.37. The van der Waals surface area contributed by atoms with Gasteiger partial charge < -0.3 is 15.2 Å². The van der Waals surface area contributed by atoms with Crippen molar-refractivity contribution in [3.8, 4) is 23.6 Å². The van der Waals surface area contributed by atoms with Crippen LogP contribution in [0.1, 0.15) is 91.7 Å². The Morgan fingerprint density at radius 1 is 1.21 bits per heavy atom. The van der Waals surface area contributed by atoms with Crippen LogP contribution in [0.25, 0.3) is 11.3 Å². The topological polar surface area (TPSA) is 47.1 Å². The Labute approximate surface area is 255 Å². The Morgan fingerprint density at radius 2 is 1.79 bits per heavy atom. The molecular weight excluding hydrogens is 559 g/mol. The van der Waals surface area contributed by atoms with Crippen LogP contribution < -0.4 is 5.73 Å². The number of allylic oxidation sites excluding steroid dienone is 4. The number of nitrogens with zero attached hydrogens (tertiary/aromatic N) is 3. The van der Waals surface area contributed by atoms with Crippen LogP contribution in [0, 0.1) is 24.0 Å². The minimum absolute atomic E-state index is 0.0956. The molecule has 1 aromatic heterocycles. The van der Waals surface area contributed by atoms with Gasteiger partial charge in [-0.2, -0.15) is 0 Å². The SMILES string of the molecule is C#CC.C=C(CN)N1CCn2c(nc(-c3cc(F)c(F)c(CF)c3)c2C(C)C)C1(C)C.CC.CC/C=C\C=C(/C)C(F)F. The molecule has 0 unspecified atom stereocenters. The normalized spacial score (nSPS) is 13.8. The number of rotatable bonds is 8. The van der Waals surface area contributed by atoms with Gasteiger partial charge in [0.15, 0.2) is 11.6 Å². The molecule has 240 valence electrons. The Bertz CT molecular complexity index is 1270. The lowest BCUT2D eigenvalue weighted by Gasteiger charge is -2.45. The Morgan fingerprint density at radius 3 is 2.26 bits per heavy atom. The summed E-state index contributed by atoms with van der Waals surface area (Å²) in [6.45, 7) is 21.9. The van der Waals surface area contributed by atoms with Crippen LogP contribution in [-0.2, 0) is 18.8 Å². The highest BCUT2D eigenvalue weighted by Crippen LogP contribution is 2.40. The van der Waals surface area contributed by atoms with Crippen molar-refractivity contribution < 1.29 is 22.0 Å². The number of terminal acetylenes is 1. The van der Waals surface area contributed by atoms with Crippen LogP contribution in [0.4, 0.5) is 22.0 Å². The summed E-state index contributed by atoms with van der Waals surface area (Å²) < 4.78 is 66.7. The van der Waals surface area contributed by atoms with Crippen molar-refractivity contribution >= 4 is 0 Å². The molecule has 0 aliphatic carbocycles. The molecule has 0 atom stereocenters. The summed E-state index contributed by atoms with van der Waals surface area (Å²) in [6, 6.07) is 2.44. The molecule has 0 fully saturated rings. The molecule has 1 aromatic carbocycles. The maximum atomic E-state index is 14.1. The predicted octanol–water partition coefficient (Wildman–Crippen LogP) is 9.27. The quantitative estimate of drug-likeness (QED) is 0.185. The third-order valence-corrected chi connectivity index (χ3v) is 6.54. The van der Waals surface area contributed by atoms with Gasteiger partial charge in [0.2, 0.25) is 0 Å². The van der Waals surface area contributed by atoms with Crippen molar-refractivity contribution in [2.24, 2.45) is 5.73 Å². The number of hydrogen-bond donors (Lipinski definition) is 1. The molecule has 0 saturated heterocycles. The highest BCUT2D eigenvalue weighted by molar-refractivity contribution is 5.65. The van der Waals surface area contributed by atoms with Gasteiger partial charge in [0.05, 0.1) is 11.2 Å². The number of nitrogens with two attached hydrogens (primary N) is 1. The van der Waals surface area contributed by atoms with Gasteiger partial charge >= 0.3 is 0 Å². The molecule has 1 aliphatic rings. The molecule has 0 amide bonds. The Kier molecular flexibility index (Phi) is 17.5. The molecule has 2 heterocycles. The number of benzene rings is 1. The van der Waals surface area contributed by atoms with Gasteiger partial charge in [-0.05, 0) is 57.7 Å². The molecule has 2 aromatic rings. The number of aromatic nitrogens is 2. The van der Waals surface area contributed by atoms with E-state index in [2.05, 4.69) is 28.4 Å². The van der Waals surface area contributed by atoms with Crippen LogP contribution >= 0.6 is 0 Å². The number of fused-ring (bicyclic) bond motifs is 1. The highest BCUT2D eigenvalue weighted by Gasteiger charge is 2.39. The molecule has 4 nitrogen and oxygen atoms in total. The summed E-state index contributed by atoms with van der Waals surface area (Å²) in [5.41, 5.74) is 7.84. The van der Waals surface area contributed by atoms with Crippen molar-refractivity contribution in [3.63, 3.8) is 0 Å². The summed E-state index contributed by atoms with van der Waals surface area (Å²) >= 11 is 0. The Balaban J connectivity index is 0.000000986. The first-order chi connectivity index (χ1) is 20.2. The first kappa shape index (κ1) is 39.6. The molecule has 0 saturated carbocycles. The standard InChI is InChI=1S/C21H27F3N4.C8H12F2.C3H4.C2H6/c1-12(2)19-18(14-8-15(10-22)17(24)16(23)9-14)26-20-21(4,5)28(13(3)11-25)7-6-27(19)20;1-3-4-5-6-7(2)8(9)10;1-3-2;1-2/h8-9,12H,3,6-7,10-11,25H2,1-2,4-5H3;4-6,8H,3H2,1-2H3;1H,2H3;1-2H3/b;5-4-,7-6+;;. The van der Waals surface area contributed by atoms with Gasteiger partial charge in [-0.1, -0.05) is 59.4 Å². The molecule has 3 rings (SSSR count). The molecule has 0 radical (unpaired) electrons. The summed E-state index contributed by atoms with van der Waals surface area (Å²) in [7, 11) is 0. The van der Waals surface area contributed by atoms with E-state index in [1.807, 2.05) is 54.5 Å². The van der Waals surface area contributed by atoms with Crippen LogP contribution in [0.3, 0.4) is 0 Å². The van der Waals surface area contributed by atoms with Gasteiger partial charge in [0.1, 0.15) is 12.5 Å². The lowest BCUT2D eigenvalue weighted by atomic mass is 9.97. The minimum Gasteiger partial charge on any atom is -0.360 e. The van der Waals surface area contributed by atoms with E-state index < -0.39 is 30.3 Å². The zero-order chi connectivity index (χ0) is 33.5. The Hall–Kier alpha value is -3.38. The van der Waals surface area contributed by atoms with Crippen molar-refractivity contribution in [2.45, 2.75) is 99.8 Å². The molecule has 0 spiro atoms. The smallest absolute Gasteiger partial charge is 0.259 e. The van der Waals surface area contributed by atoms with Gasteiger partial charge in [0, 0.05) is 42.2 Å². The zero-order valence-corrected chi connectivity index (χ0v) is 27.2. The van der Waals surface area contributed by atoms with E-state index in [9.17, 15) is 22.0 Å². The summed E-state index contributed by atoms with van der Waals surface area (Å²) in [5.74, 6) is 0.937. The number of imidazole rings is 1. The van der Waals surface area contributed by atoms with E-state index in [4.69, 9.17) is 10.7 Å². The van der Waals surface area contributed by atoms with Gasteiger partial charge in [-0.3, -0.25) is 0 Å². The summed E-state index contributed by atoms with van der Waals surface area (Å²) in [4.78, 5) is 6.96. The van der Waals surface area contributed by atoms with Crippen molar-refractivity contribution in [2.75, 3.05) is 13.1 Å². The largest absolute Gasteiger partial charge is 0.360 e. The van der Waals surface area contributed by atoms with Gasteiger partial charge in [-0.15, -0.1) is 12.3 Å². The van der Waals surface area contributed by atoms with Crippen LogP contribution in [0.15, 0.2) is 48.2 Å². The zero-order valence-electron chi connectivity index (χ0n) is 27.2. The molecule has 9 heteroatoms. The van der Waals surface area contributed by atoms with E-state index >= 15 is 0 Å². The number of halogens is 5. The third-order valence-electron chi connectivity index (χ3n) is 6.54.